The summed E-state index contributed by atoms with van der Waals surface area (Å²) in [5, 5.41) is 0. The third kappa shape index (κ3) is 3.55. The number of amides is 2. The number of carbonyl (C=O) groups excluding carboxylic acids is 2. The first-order chi connectivity index (χ1) is 6.02. The summed E-state index contributed by atoms with van der Waals surface area (Å²) in [4.78, 5) is 24.5. The van der Waals surface area contributed by atoms with E-state index in [1.54, 1.807) is 0 Å². The molecule has 0 aromatic heterocycles. The van der Waals surface area contributed by atoms with Crippen molar-refractivity contribution in [3.8, 4) is 0 Å². The van der Waals surface area contributed by atoms with Gasteiger partial charge in [0.05, 0.1) is 0 Å². The van der Waals surface area contributed by atoms with Crippen LogP contribution in [0.25, 0.3) is 0 Å². The second-order valence-corrected chi connectivity index (χ2v) is 2.48. The van der Waals surface area contributed by atoms with E-state index in [1.807, 2.05) is 0 Å². The van der Waals surface area contributed by atoms with Gasteiger partial charge in [0.1, 0.15) is 6.67 Å². The standard InChI is InChI=1S/C9H14N2O2/c1-5-10(8(3)12)7-11(6-2)9(4)13/h5-6H,1-2,7H2,3-4H3. The van der Waals surface area contributed by atoms with Crippen LogP contribution in [0.2, 0.25) is 0 Å². The normalized spacial score (nSPS) is 8.77. The maximum atomic E-state index is 10.9. The van der Waals surface area contributed by atoms with Crippen LogP contribution in [0.4, 0.5) is 0 Å². The summed E-state index contributed by atoms with van der Waals surface area (Å²) >= 11 is 0. The zero-order chi connectivity index (χ0) is 10.4. The second-order valence-electron chi connectivity index (χ2n) is 2.48. The molecule has 4 heteroatoms. The number of nitrogens with zero attached hydrogens (tertiary/aromatic N) is 2. The fourth-order valence-electron chi connectivity index (χ4n) is 0.736. The zero-order valence-electron chi connectivity index (χ0n) is 7.99. The predicted octanol–water partition coefficient (Wildman–Crippen LogP) is 0.928. The first-order valence-electron chi connectivity index (χ1n) is 3.82. The van der Waals surface area contributed by atoms with Gasteiger partial charge in [0.2, 0.25) is 11.8 Å². The molecule has 0 fully saturated rings. The maximum absolute atomic E-state index is 10.9. The smallest absolute Gasteiger partial charge is 0.224 e. The Bertz CT molecular complexity index is 212. The lowest BCUT2D eigenvalue weighted by Gasteiger charge is -2.23. The third-order valence-corrected chi connectivity index (χ3v) is 1.55. The van der Waals surface area contributed by atoms with Gasteiger partial charge < -0.3 is 9.80 Å². The SMILES string of the molecule is C=CN(CN(C=C)C(C)=O)C(C)=O. The molecule has 0 aliphatic heterocycles. The van der Waals surface area contributed by atoms with E-state index in [0.29, 0.717) is 0 Å². The molecule has 0 saturated heterocycles. The molecule has 0 atom stereocenters. The number of carbonyl (C=O) groups is 2. The molecule has 0 aliphatic carbocycles. The molecule has 0 aromatic carbocycles. The van der Waals surface area contributed by atoms with E-state index in [9.17, 15) is 9.59 Å². The second kappa shape index (κ2) is 5.13. The fourth-order valence-corrected chi connectivity index (χ4v) is 0.736. The van der Waals surface area contributed by atoms with Gasteiger partial charge in [-0.15, -0.1) is 0 Å². The van der Waals surface area contributed by atoms with E-state index in [0.717, 1.165) is 0 Å². The van der Waals surface area contributed by atoms with Gasteiger partial charge in [-0.2, -0.15) is 0 Å². The van der Waals surface area contributed by atoms with Crippen molar-refractivity contribution >= 4 is 11.8 Å². The minimum atomic E-state index is -0.164. The van der Waals surface area contributed by atoms with Crippen LogP contribution < -0.4 is 0 Å². The van der Waals surface area contributed by atoms with Crippen molar-refractivity contribution in [3.63, 3.8) is 0 Å². The molecule has 0 aliphatic rings. The van der Waals surface area contributed by atoms with Crippen LogP contribution in [0.15, 0.2) is 25.6 Å². The summed E-state index contributed by atoms with van der Waals surface area (Å²) in [6.45, 7) is 9.90. The lowest BCUT2D eigenvalue weighted by atomic mass is 10.5. The Kier molecular flexibility index (Phi) is 4.51. The van der Waals surface area contributed by atoms with Crippen LogP contribution >= 0.6 is 0 Å². The van der Waals surface area contributed by atoms with Crippen molar-refractivity contribution < 1.29 is 9.59 Å². The van der Waals surface area contributed by atoms with Crippen molar-refractivity contribution in [2.45, 2.75) is 13.8 Å². The molecule has 0 unspecified atom stereocenters. The fraction of sp³-hybridized carbons (Fsp3) is 0.333. The van der Waals surface area contributed by atoms with Crippen molar-refractivity contribution in [2.24, 2.45) is 0 Å². The monoisotopic (exact) mass is 182 g/mol. The minimum absolute atomic E-state index is 0.164. The number of hydrogen-bond donors (Lipinski definition) is 0. The Hall–Kier alpha value is -1.58. The summed E-state index contributed by atoms with van der Waals surface area (Å²) in [5.74, 6) is -0.328. The highest BCUT2D eigenvalue weighted by atomic mass is 16.2. The van der Waals surface area contributed by atoms with E-state index >= 15 is 0 Å². The number of rotatable bonds is 4. The summed E-state index contributed by atoms with van der Waals surface area (Å²) in [7, 11) is 0. The van der Waals surface area contributed by atoms with Gasteiger partial charge in [-0.3, -0.25) is 9.59 Å². The van der Waals surface area contributed by atoms with Crippen molar-refractivity contribution in [1.82, 2.24) is 9.80 Å². The quantitative estimate of drug-likeness (QED) is 0.607. The maximum Gasteiger partial charge on any atom is 0.224 e. The average Bonchev–Trinajstić information content (AvgIpc) is 2.05. The molecule has 0 bridgehead atoms. The van der Waals surface area contributed by atoms with Crippen LogP contribution in [0, 0.1) is 0 Å². The Morgan fingerprint density at radius 1 is 1.08 bits per heavy atom. The molecule has 0 N–H and O–H groups in total. The van der Waals surface area contributed by atoms with Gasteiger partial charge in [0.25, 0.3) is 0 Å². The van der Waals surface area contributed by atoms with Crippen LogP contribution in [0.3, 0.4) is 0 Å². The Morgan fingerprint density at radius 2 is 1.38 bits per heavy atom. The molecular formula is C9H14N2O2. The van der Waals surface area contributed by atoms with Gasteiger partial charge in [-0.25, -0.2) is 0 Å². The van der Waals surface area contributed by atoms with E-state index < -0.39 is 0 Å². The number of hydrogen-bond acceptors (Lipinski definition) is 2. The lowest BCUT2D eigenvalue weighted by Crippen LogP contribution is -2.36. The summed E-state index contributed by atoms with van der Waals surface area (Å²) in [6.07, 6.45) is 2.75. The highest BCUT2D eigenvalue weighted by Crippen LogP contribution is 1.96. The first kappa shape index (κ1) is 11.4. The molecule has 2 amide bonds. The predicted molar refractivity (Wildman–Crippen MR) is 50.3 cm³/mol. The van der Waals surface area contributed by atoms with Gasteiger partial charge in [-0.05, 0) is 0 Å². The highest BCUT2D eigenvalue weighted by Gasteiger charge is 2.10. The van der Waals surface area contributed by atoms with Gasteiger partial charge >= 0.3 is 0 Å². The average molecular weight is 182 g/mol. The summed E-state index contributed by atoms with van der Waals surface area (Å²) in [6, 6.07) is 0. The topological polar surface area (TPSA) is 40.6 Å². The van der Waals surface area contributed by atoms with Crippen molar-refractivity contribution in [1.29, 1.82) is 0 Å². The van der Waals surface area contributed by atoms with Crippen LogP contribution in [-0.4, -0.2) is 28.3 Å². The van der Waals surface area contributed by atoms with E-state index in [-0.39, 0.29) is 18.5 Å². The Balaban J connectivity index is 4.36. The molecule has 0 saturated carbocycles. The Morgan fingerprint density at radius 3 is 1.54 bits per heavy atom. The molecule has 13 heavy (non-hydrogen) atoms. The summed E-state index contributed by atoms with van der Waals surface area (Å²) in [5.41, 5.74) is 0. The highest BCUT2D eigenvalue weighted by molar-refractivity contribution is 5.77. The zero-order valence-corrected chi connectivity index (χ0v) is 7.99. The summed E-state index contributed by atoms with van der Waals surface area (Å²) < 4.78 is 0. The lowest BCUT2D eigenvalue weighted by molar-refractivity contribution is -0.132. The van der Waals surface area contributed by atoms with Gasteiger partial charge in [0, 0.05) is 26.2 Å². The van der Waals surface area contributed by atoms with E-state index in [4.69, 9.17) is 0 Å². The van der Waals surface area contributed by atoms with Crippen LogP contribution in [0.1, 0.15) is 13.8 Å². The van der Waals surface area contributed by atoms with E-state index in [1.165, 1.54) is 36.0 Å². The third-order valence-electron chi connectivity index (χ3n) is 1.55. The molecular weight excluding hydrogens is 168 g/mol. The molecule has 0 spiro atoms. The first-order valence-corrected chi connectivity index (χ1v) is 3.82. The van der Waals surface area contributed by atoms with Crippen LogP contribution in [0.5, 0.6) is 0 Å². The molecule has 0 rings (SSSR count). The van der Waals surface area contributed by atoms with Crippen molar-refractivity contribution in [3.05, 3.63) is 25.6 Å². The van der Waals surface area contributed by atoms with Crippen LogP contribution in [-0.2, 0) is 9.59 Å². The van der Waals surface area contributed by atoms with Gasteiger partial charge in [-0.1, -0.05) is 13.2 Å². The molecule has 72 valence electrons. The Labute approximate surface area is 78.1 Å². The van der Waals surface area contributed by atoms with Crippen molar-refractivity contribution in [2.75, 3.05) is 6.67 Å². The molecule has 0 heterocycles. The van der Waals surface area contributed by atoms with E-state index in [2.05, 4.69) is 13.2 Å². The molecule has 0 aromatic rings. The molecule has 4 nitrogen and oxygen atoms in total. The molecule has 0 radical (unpaired) electrons. The largest absolute Gasteiger partial charge is 0.301 e. The minimum Gasteiger partial charge on any atom is -0.301 e. The van der Waals surface area contributed by atoms with Gasteiger partial charge in [0.15, 0.2) is 0 Å².